The van der Waals surface area contributed by atoms with E-state index in [2.05, 4.69) is 37.9 Å². The largest absolute Gasteiger partial charge is 0.314 e. The Morgan fingerprint density at radius 3 is 2.39 bits per heavy atom. The Morgan fingerprint density at radius 1 is 1.22 bits per heavy atom. The molecule has 1 aliphatic heterocycles. The molecule has 2 atom stereocenters. The summed E-state index contributed by atoms with van der Waals surface area (Å²) in [6.45, 7) is 13.4. The molecule has 0 aromatic heterocycles. The zero-order chi connectivity index (χ0) is 13.2. The predicted octanol–water partition coefficient (Wildman–Crippen LogP) is 3.28. The summed E-state index contributed by atoms with van der Waals surface area (Å²) in [5.74, 6) is 0.773. The van der Waals surface area contributed by atoms with Crippen molar-refractivity contribution in [3.05, 3.63) is 0 Å². The van der Waals surface area contributed by atoms with Crippen molar-refractivity contribution in [3.8, 4) is 0 Å². The molecule has 1 N–H and O–H groups in total. The van der Waals surface area contributed by atoms with Gasteiger partial charge in [0.25, 0.3) is 0 Å². The summed E-state index contributed by atoms with van der Waals surface area (Å²) in [4.78, 5) is 2.74. The highest BCUT2D eigenvalue weighted by molar-refractivity contribution is 4.91. The molecule has 0 radical (unpaired) electrons. The summed E-state index contributed by atoms with van der Waals surface area (Å²) in [6.07, 6.45) is 6.91. The van der Waals surface area contributed by atoms with Gasteiger partial charge in [0.05, 0.1) is 0 Å². The monoisotopic (exact) mass is 252 g/mol. The maximum Gasteiger partial charge on any atom is 0.0105 e. The molecular formula is C16H32N2. The first-order valence-electron chi connectivity index (χ1n) is 8.07. The summed E-state index contributed by atoms with van der Waals surface area (Å²) in [7, 11) is 0. The average Bonchev–Trinajstić information content (AvgIpc) is 3.13. The highest BCUT2D eigenvalue weighted by Gasteiger charge is 2.37. The predicted molar refractivity (Wildman–Crippen MR) is 78.9 cm³/mol. The lowest BCUT2D eigenvalue weighted by atomic mass is 9.82. The van der Waals surface area contributed by atoms with Crippen molar-refractivity contribution < 1.29 is 0 Å². The molecule has 0 aromatic carbocycles. The maximum absolute atomic E-state index is 3.68. The van der Waals surface area contributed by atoms with E-state index in [4.69, 9.17) is 0 Å². The van der Waals surface area contributed by atoms with Gasteiger partial charge < -0.3 is 5.32 Å². The molecule has 0 amide bonds. The number of nitrogens with one attached hydrogen (secondary N) is 1. The molecule has 2 unspecified atom stereocenters. The lowest BCUT2D eigenvalue weighted by Crippen LogP contribution is -2.41. The molecule has 0 spiro atoms. The van der Waals surface area contributed by atoms with Gasteiger partial charge in [-0.3, -0.25) is 4.90 Å². The van der Waals surface area contributed by atoms with Crippen molar-refractivity contribution in [2.45, 2.75) is 71.9 Å². The highest BCUT2D eigenvalue weighted by atomic mass is 15.2. The van der Waals surface area contributed by atoms with Crippen molar-refractivity contribution >= 4 is 0 Å². The van der Waals surface area contributed by atoms with Crippen LogP contribution in [0.15, 0.2) is 0 Å². The van der Waals surface area contributed by atoms with Crippen molar-refractivity contribution in [3.63, 3.8) is 0 Å². The first-order chi connectivity index (χ1) is 8.60. The first kappa shape index (κ1) is 14.3. The van der Waals surface area contributed by atoms with E-state index in [0.29, 0.717) is 5.41 Å². The standard InChI is InChI=1S/C16H32N2/c1-5-16(6-2)9-10-18(12-16)14(4)13(3)11-17-15-7-8-15/h13-15,17H,5-12H2,1-4H3. The van der Waals surface area contributed by atoms with Crippen LogP contribution >= 0.6 is 0 Å². The third kappa shape index (κ3) is 3.27. The van der Waals surface area contributed by atoms with Gasteiger partial charge in [0.1, 0.15) is 0 Å². The topological polar surface area (TPSA) is 15.3 Å². The van der Waals surface area contributed by atoms with Crippen LogP contribution < -0.4 is 5.32 Å². The molecular weight excluding hydrogens is 220 g/mol. The zero-order valence-electron chi connectivity index (χ0n) is 12.8. The average molecular weight is 252 g/mol. The maximum atomic E-state index is 3.68. The molecule has 1 saturated carbocycles. The SMILES string of the molecule is CCC1(CC)CCN(C(C)C(C)CNC2CC2)C1. The van der Waals surface area contributed by atoms with Gasteiger partial charge in [-0.05, 0) is 63.5 Å². The number of hydrogen-bond donors (Lipinski definition) is 1. The second-order valence-corrected chi connectivity index (χ2v) is 6.83. The summed E-state index contributed by atoms with van der Waals surface area (Å²) in [5, 5.41) is 3.68. The fourth-order valence-electron chi connectivity index (χ4n) is 3.31. The zero-order valence-corrected chi connectivity index (χ0v) is 12.8. The Morgan fingerprint density at radius 2 is 1.89 bits per heavy atom. The second-order valence-electron chi connectivity index (χ2n) is 6.83. The smallest absolute Gasteiger partial charge is 0.0105 e. The van der Waals surface area contributed by atoms with E-state index in [9.17, 15) is 0 Å². The quantitative estimate of drug-likeness (QED) is 0.748. The molecule has 2 aliphatic rings. The second kappa shape index (κ2) is 5.92. The van der Waals surface area contributed by atoms with Gasteiger partial charge in [0.15, 0.2) is 0 Å². The van der Waals surface area contributed by atoms with Crippen LogP contribution in [0, 0.1) is 11.3 Å². The summed E-state index contributed by atoms with van der Waals surface area (Å²) in [5.41, 5.74) is 0.623. The Bertz CT molecular complexity index is 256. The third-order valence-electron chi connectivity index (χ3n) is 5.67. The van der Waals surface area contributed by atoms with Gasteiger partial charge in [-0.25, -0.2) is 0 Å². The molecule has 2 heteroatoms. The van der Waals surface area contributed by atoms with Crippen LogP contribution in [0.2, 0.25) is 0 Å². The minimum atomic E-state index is 0.623. The molecule has 2 nitrogen and oxygen atoms in total. The van der Waals surface area contributed by atoms with E-state index in [1.54, 1.807) is 0 Å². The Labute approximate surface area is 114 Å². The number of nitrogens with zero attached hydrogens (tertiary/aromatic N) is 1. The van der Waals surface area contributed by atoms with E-state index in [1.165, 1.54) is 51.7 Å². The van der Waals surface area contributed by atoms with Gasteiger partial charge in [0, 0.05) is 18.6 Å². The summed E-state index contributed by atoms with van der Waals surface area (Å²) in [6, 6.07) is 1.58. The van der Waals surface area contributed by atoms with Crippen LogP contribution in [0.3, 0.4) is 0 Å². The van der Waals surface area contributed by atoms with Crippen LogP contribution in [0.1, 0.15) is 59.8 Å². The molecule has 106 valence electrons. The highest BCUT2D eigenvalue weighted by Crippen LogP contribution is 2.38. The number of hydrogen-bond acceptors (Lipinski definition) is 2. The number of rotatable bonds is 7. The number of likely N-dealkylation sites (tertiary alicyclic amines) is 1. The molecule has 1 aliphatic carbocycles. The van der Waals surface area contributed by atoms with Gasteiger partial charge in [-0.1, -0.05) is 20.8 Å². The van der Waals surface area contributed by atoms with Crippen LogP contribution in [-0.2, 0) is 0 Å². The minimum Gasteiger partial charge on any atom is -0.314 e. The Hall–Kier alpha value is -0.0800. The van der Waals surface area contributed by atoms with E-state index < -0.39 is 0 Å². The van der Waals surface area contributed by atoms with Gasteiger partial charge >= 0.3 is 0 Å². The van der Waals surface area contributed by atoms with Crippen LogP contribution in [0.5, 0.6) is 0 Å². The lowest BCUT2D eigenvalue weighted by molar-refractivity contribution is 0.163. The van der Waals surface area contributed by atoms with Gasteiger partial charge in [-0.2, -0.15) is 0 Å². The lowest BCUT2D eigenvalue weighted by Gasteiger charge is -2.32. The molecule has 0 bridgehead atoms. The Balaban J connectivity index is 1.79. The van der Waals surface area contributed by atoms with E-state index in [-0.39, 0.29) is 0 Å². The minimum absolute atomic E-state index is 0.623. The van der Waals surface area contributed by atoms with Crippen LogP contribution in [-0.4, -0.2) is 36.6 Å². The molecule has 1 saturated heterocycles. The van der Waals surface area contributed by atoms with E-state index in [1.807, 2.05) is 0 Å². The molecule has 2 fully saturated rings. The van der Waals surface area contributed by atoms with Gasteiger partial charge in [-0.15, -0.1) is 0 Å². The van der Waals surface area contributed by atoms with Crippen molar-refractivity contribution in [1.82, 2.24) is 10.2 Å². The molecule has 2 rings (SSSR count). The summed E-state index contributed by atoms with van der Waals surface area (Å²) < 4.78 is 0. The van der Waals surface area contributed by atoms with Crippen molar-refractivity contribution in [1.29, 1.82) is 0 Å². The fraction of sp³-hybridized carbons (Fsp3) is 1.00. The fourth-order valence-corrected chi connectivity index (χ4v) is 3.31. The Kier molecular flexibility index (Phi) is 4.71. The third-order valence-corrected chi connectivity index (χ3v) is 5.67. The van der Waals surface area contributed by atoms with Crippen LogP contribution in [0.4, 0.5) is 0 Å². The molecule has 1 heterocycles. The molecule has 0 aromatic rings. The van der Waals surface area contributed by atoms with E-state index >= 15 is 0 Å². The van der Waals surface area contributed by atoms with Crippen LogP contribution in [0.25, 0.3) is 0 Å². The van der Waals surface area contributed by atoms with Gasteiger partial charge in [0.2, 0.25) is 0 Å². The first-order valence-corrected chi connectivity index (χ1v) is 8.07. The molecule has 18 heavy (non-hydrogen) atoms. The normalized spacial score (nSPS) is 27.3. The van der Waals surface area contributed by atoms with Crippen molar-refractivity contribution in [2.24, 2.45) is 11.3 Å². The van der Waals surface area contributed by atoms with Crippen molar-refractivity contribution in [2.75, 3.05) is 19.6 Å². The van der Waals surface area contributed by atoms with E-state index in [0.717, 1.165) is 18.0 Å². The summed E-state index contributed by atoms with van der Waals surface area (Å²) >= 11 is 0.